The van der Waals surface area contributed by atoms with Gasteiger partial charge in [0.05, 0.1) is 12.5 Å². The van der Waals surface area contributed by atoms with Gasteiger partial charge < -0.3 is 15.0 Å². The fourth-order valence-electron chi connectivity index (χ4n) is 1.26. The lowest BCUT2D eigenvalue weighted by atomic mass is 10.4. The molecule has 0 aromatic heterocycles. The van der Waals surface area contributed by atoms with E-state index in [1.807, 2.05) is 0 Å². The predicted molar refractivity (Wildman–Crippen MR) is 71.2 cm³/mol. The molecule has 0 saturated carbocycles. The highest BCUT2D eigenvalue weighted by atomic mass is 16.5. The smallest absolute Gasteiger partial charge is 0.317 e. The van der Waals surface area contributed by atoms with Crippen LogP contribution in [-0.4, -0.2) is 42.6 Å². The summed E-state index contributed by atoms with van der Waals surface area (Å²) in [5, 5.41) is 2.65. The van der Waals surface area contributed by atoms with Crippen LogP contribution in [0.2, 0.25) is 0 Å². The summed E-state index contributed by atoms with van der Waals surface area (Å²) in [5.74, 6) is -0.315. The molecule has 1 N–H and O–H groups in total. The van der Waals surface area contributed by atoms with Gasteiger partial charge in [0.2, 0.25) is 0 Å². The van der Waals surface area contributed by atoms with E-state index >= 15 is 0 Å². The monoisotopic (exact) mass is 254 g/mol. The van der Waals surface area contributed by atoms with Gasteiger partial charge in [-0.3, -0.25) is 4.79 Å². The largest absolute Gasteiger partial charge is 0.463 e. The topological polar surface area (TPSA) is 58.6 Å². The van der Waals surface area contributed by atoms with Gasteiger partial charge in [0.1, 0.15) is 0 Å². The minimum Gasteiger partial charge on any atom is -0.463 e. The Bertz CT molecular complexity index is 291. The van der Waals surface area contributed by atoms with Crippen LogP contribution in [0.15, 0.2) is 25.3 Å². The lowest BCUT2D eigenvalue weighted by Gasteiger charge is -2.19. The van der Waals surface area contributed by atoms with Crippen molar-refractivity contribution in [2.24, 2.45) is 0 Å². The SMILES string of the molecule is C=CCN(CC=C)C(=O)NCCC(=O)OC(C)C. The van der Waals surface area contributed by atoms with Gasteiger partial charge in [-0.25, -0.2) is 4.79 Å². The van der Waals surface area contributed by atoms with Crippen molar-refractivity contribution in [3.8, 4) is 0 Å². The zero-order chi connectivity index (χ0) is 14.0. The van der Waals surface area contributed by atoms with Crippen LogP contribution in [0.25, 0.3) is 0 Å². The molecule has 0 spiro atoms. The van der Waals surface area contributed by atoms with Crippen LogP contribution >= 0.6 is 0 Å². The number of hydrogen-bond donors (Lipinski definition) is 1. The first-order valence-corrected chi connectivity index (χ1v) is 5.95. The van der Waals surface area contributed by atoms with Crippen molar-refractivity contribution in [2.45, 2.75) is 26.4 Å². The van der Waals surface area contributed by atoms with E-state index in [0.717, 1.165) is 0 Å². The number of amides is 2. The predicted octanol–water partition coefficient (Wildman–Crippen LogP) is 1.71. The molecule has 2 amide bonds. The molecule has 0 aliphatic carbocycles. The molecule has 0 unspecified atom stereocenters. The molecule has 102 valence electrons. The fraction of sp³-hybridized carbons (Fsp3) is 0.538. The van der Waals surface area contributed by atoms with E-state index < -0.39 is 0 Å². The molecule has 0 atom stereocenters. The first-order chi connectivity index (χ1) is 8.51. The molecule has 0 rings (SSSR count). The number of carbonyl (C=O) groups is 2. The standard InChI is InChI=1S/C13H22N2O3/c1-5-9-15(10-6-2)13(17)14-8-7-12(16)18-11(3)4/h5-6,11H,1-2,7-10H2,3-4H3,(H,14,17). The quantitative estimate of drug-likeness (QED) is 0.530. The minimum atomic E-state index is -0.315. The van der Waals surface area contributed by atoms with Gasteiger partial charge in [-0.2, -0.15) is 0 Å². The minimum absolute atomic E-state index is 0.133. The Kier molecular flexibility index (Phi) is 8.35. The Morgan fingerprint density at radius 2 is 1.83 bits per heavy atom. The molecule has 0 bridgehead atoms. The number of hydrogen-bond acceptors (Lipinski definition) is 3. The van der Waals surface area contributed by atoms with Crippen LogP contribution in [0.4, 0.5) is 4.79 Å². The van der Waals surface area contributed by atoms with Crippen LogP contribution in [0, 0.1) is 0 Å². The van der Waals surface area contributed by atoms with E-state index in [1.165, 1.54) is 4.90 Å². The highest BCUT2D eigenvalue weighted by Crippen LogP contribution is 1.94. The van der Waals surface area contributed by atoms with Crippen molar-refractivity contribution in [3.05, 3.63) is 25.3 Å². The second-order valence-electron chi connectivity index (χ2n) is 4.00. The molecule has 0 aromatic carbocycles. The van der Waals surface area contributed by atoms with Crippen molar-refractivity contribution < 1.29 is 14.3 Å². The highest BCUT2D eigenvalue weighted by molar-refractivity contribution is 5.76. The molecular formula is C13H22N2O3. The van der Waals surface area contributed by atoms with Crippen molar-refractivity contribution in [2.75, 3.05) is 19.6 Å². The maximum Gasteiger partial charge on any atom is 0.317 e. The summed E-state index contributed by atoms with van der Waals surface area (Å²) in [6.45, 7) is 11.9. The molecule has 0 radical (unpaired) electrons. The van der Waals surface area contributed by atoms with E-state index in [2.05, 4.69) is 18.5 Å². The van der Waals surface area contributed by atoms with E-state index in [1.54, 1.807) is 26.0 Å². The first kappa shape index (κ1) is 16.2. The van der Waals surface area contributed by atoms with E-state index in [0.29, 0.717) is 13.1 Å². The Balaban J connectivity index is 3.96. The summed E-state index contributed by atoms with van der Waals surface area (Å²) in [6.07, 6.45) is 3.30. The molecule has 0 aromatic rings. The van der Waals surface area contributed by atoms with Crippen LogP contribution in [0.5, 0.6) is 0 Å². The van der Waals surface area contributed by atoms with Gasteiger partial charge in [0.25, 0.3) is 0 Å². The van der Waals surface area contributed by atoms with Crippen LogP contribution in [0.1, 0.15) is 20.3 Å². The number of urea groups is 1. The van der Waals surface area contributed by atoms with E-state index in [9.17, 15) is 9.59 Å². The molecule has 5 heteroatoms. The van der Waals surface area contributed by atoms with Gasteiger partial charge in [-0.05, 0) is 13.8 Å². The Hall–Kier alpha value is -1.78. The van der Waals surface area contributed by atoms with E-state index in [-0.39, 0.29) is 31.1 Å². The second-order valence-corrected chi connectivity index (χ2v) is 4.00. The average Bonchev–Trinajstić information content (AvgIpc) is 2.27. The molecule has 0 aliphatic rings. The maximum atomic E-state index is 11.7. The molecule has 18 heavy (non-hydrogen) atoms. The third-order valence-electron chi connectivity index (χ3n) is 1.96. The maximum absolute atomic E-state index is 11.7. The number of carbonyl (C=O) groups excluding carboxylic acids is 2. The van der Waals surface area contributed by atoms with Crippen molar-refractivity contribution >= 4 is 12.0 Å². The summed E-state index contributed by atoms with van der Waals surface area (Å²) in [5.41, 5.74) is 0. The molecule has 0 heterocycles. The number of ether oxygens (including phenoxy) is 1. The summed E-state index contributed by atoms with van der Waals surface area (Å²) in [4.78, 5) is 24.5. The van der Waals surface area contributed by atoms with Gasteiger partial charge in [-0.15, -0.1) is 13.2 Å². The van der Waals surface area contributed by atoms with Gasteiger partial charge in [-0.1, -0.05) is 12.2 Å². The van der Waals surface area contributed by atoms with Crippen LogP contribution < -0.4 is 5.32 Å². The van der Waals surface area contributed by atoms with Crippen molar-refractivity contribution in [1.29, 1.82) is 0 Å². The fourth-order valence-corrected chi connectivity index (χ4v) is 1.26. The molecule has 0 aliphatic heterocycles. The molecule has 0 fully saturated rings. The zero-order valence-electron chi connectivity index (χ0n) is 11.1. The van der Waals surface area contributed by atoms with Crippen LogP contribution in [0.3, 0.4) is 0 Å². The van der Waals surface area contributed by atoms with Crippen molar-refractivity contribution in [3.63, 3.8) is 0 Å². The van der Waals surface area contributed by atoms with Gasteiger partial charge in [0.15, 0.2) is 0 Å². The normalized spacial score (nSPS) is 9.72. The van der Waals surface area contributed by atoms with Crippen molar-refractivity contribution in [1.82, 2.24) is 10.2 Å². The molecule has 0 saturated heterocycles. The summed E-state index contributed by atoms with van der Waals surface area (Å²) in [6, 6.07) is -0.243. The van der Waals surface area contributed by atoms with Gasteiger partial charge in [0, 0.05) is 19.6 Å². The Labute approximate surface area is 108 Å². The number of nitrogens with one attached hydrogen (secondary N) is 1. The first-order valence-electron chi connectivity index (χ1n) is 5.95. The Morgan fingerprint density at radius 1 is 1.28 bits per heavy atom. The summed E-state index contributed by atoms with van der Waals surface area (Å²) < 4.78 is 4.95. The summed E-state index contributed by atoms with van der Waals surface area (Å²) in [7, 11) is 0. The summed E-state index contributed by atoms with van der Waals surface area (Å²) >= 11 is 0. The second kappa shape index (κ2) is 9.27. The number of nitrogens with zero attached hydrogens (tertiary/aromatic N) is 1. The van der Waals surface area contributed by atoms with E-state index in [4.69, 9.17) is 4.74 Å². The Morgan fingerprint density at radius 3 is 2.28 bits per heavy atom. The average molecular weight is 254 g/mol. The lowest BCUT2D eigenvalue weighted by Crippen LogP contribution is -2.41. The zero-order valence-corrected chi connectivity index (χ0v) is 11.1. The van der Waals surface area contributed by atoms with Gasteiger partial charge >= 0.3 is 12.0 Å². The number of esters is 1. The molecular weight excluding hydrogens is 232 g/mol. The third-order valence-corrected chi connectivity index (χ3v) is 1.96. The number of rotatable bonds is 8. The van der Waals surface area contributed by atoms with Crippen LogP contribution in [-0.2, 0) is 9.53 Å². The third kappa shape index (κ3) is 7.49. The molecule has 5 nitrogen and oxygen atoms in total. The highest BCUT2D eigenvalue weighted by Gasteiger charge is 2.11. The lowest BCUT2D eigenvalue weighted by molar-refractivity contribution is -0.147.